The number of hydrogen-bond acceptors (Lipinski definition) is 4. The first-order chi connectivity index (χ1) is 10.3. The second-order valence-electron chi connectivity index (χ2n) is 6.38. The molecule has 2 heterocycles. The highest BCUT2D eigenvalue weighted by atomic mass is 32.1. The molecule has 1 saturated carbocycles. The first kappa shape index (κ1) is 15.3. The zero-order valence-corrected chi connectivity index (χ0v) is 14.0. The molecule has 1 aromatic heterocycles. The third kappa shape index (κ3) is 3.13. The van der Waals surface area contributed by atoms with Crippen molar-refractivity contribution in [1.29, 1.82) is 0 Å². The number of rotatable bonds is 5. The Bertz CT molecular complexity index is 453. The van der Waals surface area contributed by atoms with Gasteiger partial charge in [-0.2, -0.15) is 0 Å². The molecule has 3 nitrogen and oxygen atoms in total. The van der Waals surface area contributed by atoms with E-state index in [0.717, 1.165) is 25.3 Å². The summed E-state index contributed by atoms with van der Waals surface area (Å²) in [5, 5.41) is 5.85. The highest BCUT2D eigenvalue weighted by Crippen LogP contribution is 2.47. The minimum absolute atomic E-state index is 0.182. The highest BCUT2D eigenvalue weighted by Gasteiger charge is 2.42. The molecule has 1 aliphatic heterocycles. The normalized spacial score (nSPS) is 26.1. The molecular weight excluding hydrogens is 282 g/mol. The molecule has 1 aliphatic carbocycles. The Morgan fingerprint density at radius 2 is 2.29 bits per heavy atom. The molecule has 1 spiro atoms. The van der Waals surface area contributed by atoms with Crippen molar-refractivity contribution in [3.8, 4) is 5.75 Å². The predicted octanol–water partition coefficient (Wildman–Crippen LogP) is 4.15. The van der Waals surface area contributed by atoms with Crippen molar-refractivity contribution in [3.05, 3.63) is 16.3 Å². The van der Waals surface area contributed by atoms with Crippen LogP contribution in [0.2, 0.25) is 0 Å². The van der Waals surface area contributed by atoms with Crippen LogP contribution in [0.15, 0.2) is 11.4 Å². The number of methoxy groups -OCH3 is 1. The number of ether oxygens (including phenoxy) is 2. The van der Waals surface area contributed by atoms with Crippen molar-refractivity contribution in [3.63, 3.8) is 0 Å². The molecule has 2 fully saturated rings. The van der Waals surface area contributed by atoms with Crippen LogP contribution in [-0.2, 0) is 4.74 Å². The molecule has 1 saturated heterocycles. The van der Waals surface area contributed by atoms with Crippen molar-refractivity contribution in [2.75, 3.05) is 20.3 Å². The zero-order valence-electron chi connectivity index (χ0n) is 13.2. The molecule has 3 rings (SSSR count). The second-order valence-corrected chi connectivity index (χ2v) is 7.33. The summed E-state index contributed by atoms with van der Waals surface area (Å²) < 4.78 is 11.8. The summed E-state index contributed by atoms with van der Waals surface area (Å²) in [5.74, 6) is 1.70. The quantitative estimate of drug-likeness (QED) is 0.886. The van der Waals surface area contributed by atoms with Crippen LogP contribution in [-0.4, -0.2) is 25.9 Å². The third-order valence-electron chi connectivity index (χ3n) is 5.10. The van der Waals surface area contributed by atoms with E-state index in [1.165, 1.54) is 37.0 Å². The van der Waals surface area contributed by atoms with Crippen molar-refractivity contribution in [1.82, 2.24) is 5.32 Å². The van der Waals surface area contributed by atoms with Gasteiger partial charge in [0.2, 0.25) is 0 Å². The molecule has 1 N–H and O–H groups in total. The lowest BCUT2D eigenvalue weighted by Crippen LogP contribution is -2.41. The van der Waals surface area contributed by atoms with Crippen molar-refractivity contribution < 1.29 is 9.47 Å². The Balaban J connectivity index is 1.80. The van der Waals surface area contributed by atoms with E-state index in [1.807, 2.05) is 11.3 Å². The summed E-state index contributed by atoms with van der Waals surface area (Å²) in [7, 11) is 1.77. The Morgan fingerprint density at radius 3 is 3.00 bits per heavy atom. The van der Waals surface area contributed by atoms with Crippen LogP contribution in [0.5, 0.6) is 5.75 Å². The summed E-state index contributed by atoms with van der Waals surface area (Å²) in [5.41, 5.74) is 0.182. The summed E-state index contributed by atoms with van der Waals surface area (Å²) >= 11 is 1.82. The summed E-state index contributed by atoms with van der Waals surface area (Å²) in [4.78, 5) is 1.36. The molecule has 1 aromatic rings. The fraction of sp³-hybridized carbons (Fsp3) is 0.765. The fourth-order valence-electron chi connectivity index (χ4n) is 4.12. The van der Waals surface area contributed by atoms with Gasteiger partial charge in [0.1, 0.15) is 5.75 Å². The molecule has 0 amide bonds. The summed E-state index contributed by atoms with van der Waals surface area (Å²) in [6, 6.07) is 2.50. The van der Waals surface area contributed by atoms with Gasteiger partial charge in [0.25, 0.3) is 0 Å². The van der Waals surface area contributed by atoms with E-state index in [4.69, 9.17) is 9.47 Å². The maximum absolute atomic E-state index is 6.20. The Hall–Kier alpha value is -0.580. The second kappa shape index (κ2) is 6.67. The molecule has 0 bridgehead atoms. The average Bonchev–Trinajstić information content (AvgIpc) is 3.14. The van der Waals surface area contributed by atoms with E-state index in [1.54, 1.807) is 7.11 Å². The largest absolute Gasteiger partial charge is 0.496 e. The smallest absolute Gasteiger partial charge is 0.134 e. The van der Waals surface area contributed by atoms with E-state index < -0.39 is 0 Å². The van der Waals surface area contributed by atoms with E-state index >= 15 is 0 Å². The average molecular weight is 309 g/mol. The fourth-order valence-corrected chi connectivity index (χ4v) is 5.14. The lowest BCUT2D eigenvalue weighted by atomic mass is 9.80. The molecule has 2 unspecified atom stereocenters. The van der Waals surface area contributed by atoms with Crippen LogP contribution in [0, 0.1) is 5.92 Å². The number of hydrogen-bond donors (Lipinski definition) is 1. The minimum Gasteiger partial charge on any atom is -0.496 e. The van der Waals surface area contributed by atoms with Gasteiger partial charge in [0.15, 0.2) is 0 Å². The van der Waals surface area contributed by atoms with Crippen molar-refractivity contribution >= 4 is 11.3 Å². The summed E-state index contributed by atoms with van der Waals surface area (Å²) in [6.45, 7) is 4.11. The van der Waals surface area contributed by atoms with E-state index in [2.05, 4.69) is 23.7 Å². The Labute approximate surface area is 132 Å². The van der Waals surface area contributed by atoms with Gasteiger partial charge in [-0.05, 0) is 49.6 Å². The molecule has 118 valence electrons. The third-order valence-corrected chi connectivity index (χ3v) is 6.08. The van der Waals surface area contributed by atoms with Gasteiger partial charge in [-0.25, -0.2) is 0 Å². The van der Waals surface area contributed by atoms with Gasteiger partial charge in [-0.15, -0.1) is 11.3 Å². The maximum atomic E-state index is 6.20. The van der Waals surface area contributed by atoms with E-state index in [9.17, 15) is 0 Å². The van der Waals surface area contributed by atoms with Crippen LogP contribution in [0.25, 0.3) is 0 Å². The first-order valence-corrected chi connectivity index (χ1v) is 9.15. The van der Waals surface area contributed by atoms with Gasteiger partial charge >= 0.3 is 0 Å². The van der Waals surface area contributed by atoms with E-state index in [-0.39, 0.29) is 5.60 Å². The van der Waals surface area contributed by atoms with Gasteiger partial charge in [-0.1, -0.05) is 19.8 Å². The lowest BCUT2D eigenvalue weighted by molar-refractivity contribution is -0.0980. The Morgan fingerprint density at radius 1 is 1.48 bits per heavy atom. The molecule has 21 heavy (non-hydrogen) atoms. The maximum Gasteiger partial charge on any atom is 0.134 e. The van der Waals surface area contributed by atoms with Gasteiger partial charge in [0, 0.05) is 12.6 Å². The monoisotopic (exact) mass is 309 g/mol. The minimum atomic E-state index is 0.182. The SMILES string of the molecule is CCNC(c1sccc1OC)C1CCOC2(CCCC2)C1. The van der Waals surface area contributed by atoms with Gasteiger partial charge in [-0.3, -0.25) is 0 Å². The Kier molecular flexibility index (Phi) is 4.87. The molecular formula is C17H27NO2S. The van der Waals surface area contributed by atoms with Crippen molar-refractivity contribution in [2.45, 2.75) is 57.1 Å². The zero-order chi connectivity index (χ0) is 14.7. The van der Waals surface area contributed by atoms with Crippen LogP contribution in [0.3, 0.4) is 0 Å². The first-order valence-electron chi connectivity index (χ1n) is 8.27. The lowest BCUT2D eigenvalue weighted by Gasteiger charge is -2.41. The number of thiophene rings is 1. The standard InChI is InChI=1S/C17H27NO2S/c1-3-18-15(16-14(19-2)7-11-21-16)13-6-10-20-17(12-13)8-4-5-9-17/h7,11,13,15,18H,3-6,8-10,12H2,1-2H3. The molecule has 0 radical (unpaired) electrons. The summed E-state index contributed by atoms with van der Waals surface area (Å²) in [6.07, 6.45) is 7.53. The topological polar surface area (TPSA) is 30.5 Å². The molecule has 2 aliphatic rings. The molecule has 2 atom stereocenters. The van der Waals surface area contributed by atoms with Gasteiger partial charge in [0.05, 0.1) is 17.6 Å². The van der Waals surface area contributed by atoms with Gasteiger partial charge < -0.3 is 14.8 Å². The van der Waals surface area contributed by atoms with Crippen molar-refractivity contribution in [2.24, 2.45) is 5.92 Å². The highest BCUT2D eigenvalue weighted by molar-refractivity contribution is 7.10. The predicted molar refractivity (Wildman–Crippen MR) is 87.2 cm³/mol. The van der Waals surface area contributed by atoms with Crippen LogP contribution in [0.4, 0.5) is 0 Å². The molecule has 0 aromatic carbocycles. The molecule has 4 heteroatoms. The van der Waals surface area contributed by atoms with Crippen LogP contribution < -0.4 is 10.1 Å². The van der Waals surface area contributed by atoms with Crippen LogP contribution >= 0.6 is 11.3 Å². The number of nitrogens with one attached hydrogen (secondary N) is 1. The van der Waals surface area contributed by atoms with Crippen LogP contribution in [0.1, 0.15) is 56.4 Å². The van der Waals surface area contributed by atoms with E-state index in [0.29, 0.717) is 12.0 Å².